The molecule has 2 aromatic rings. The second kappa shape index (κ2) is 7.13. The highest BCUT2D eigenvalue weighted by molar-refractivity contribution is 6.76. The average molecular weight is 362 g/mol. The number of aryl methyl sites for hydroxylation is 1. The van der Waals surface area contributed by atoms with Gasteiger partial charge in [0.1, 0.15) is 12.4 Å². The summed E-state index contributed by atoms with van der Waals surface area (Å²) in [6.45, 7) is 8.08. The Kier molecular flexibility index (Phi) is 5.10. The van der Waals surface area contributed by atoms with Gasteiger partial charge in [0.05, 0.1) is 18.1 Å². The predicted octanol–water partition coefficient (Wildman–Crippen LogP) is 2.35. The van der Waals surface area contributed by atoms with Gasteiger partial charge in [-0.05, 0) is 25.0 Å². The van der Waals surface area contributed by atoms with Crippen LogP contribution in [0.2, 0.25) is 25.7 Å². The summed E-state index contributed by atoms with van der Waals surface area (Å²) in [5.74, 6) is -0.163. The lowest BCUT2D eigenvalue weighted by molar-refractivity contribution is 0.0775. The second-order valence-corrected chi connectivity index (χ2v) is 13.5. The number of amides is 1. The molecule has 0 saturated carbocycles. The normalized spacial score (nSPS) is 16.9. The van der Waals surface area contributed by atoms with E-state index in [0.717, 1.165) is 31.2 Å². The zero-order chi connectivity index (χ0) is 18.0. The smallest absolute Gasteiger partial charge is 0.272 e. The first-order chi connectivity index (χ1) is 11.8. The van der Waals surface area contributed by atoms with Gasteiger partial charge in [0, 0.05) is 33.6 Å². The lowest BCUT2D eigenvalue weighted by Gasteiger charge is -2.15. The van der Waals surface area contributed by atoms with E-state index in [4.69, 9.17) is 4.74 Å². The number of aromatic nitrogens is 4. The highest BCUT2D eigenvalue weighted by atomic mass is 28.3. The molecule has 0 fully saturated rings. The SMILES string of the molecule is Cn1cnc2c1CC[C@H]2NC(=O)c1ccn(COCC[Si](C)(C)C)n1. The molecule has 1 N–H and O–H groups in total. The van der Waals surface area contributed by atoms with E-state index in [9.17, 15) is 4.79 Å². The fraction of sp³-hybridized carbons (Fsp3) is 0.588. The fourth-order valence-electron chi connectivity index (χ4n) is 2.95. The van der Waals surface area contributed by atoms with Crippen LogP contribution >= 0.6 is 0 Å². The minimum atomic E-state index is -1.08. The Morgan fingerprint density at radius 2 is 2.24 bits per heavy atom. The van der Waals surface area contributed by atoms with E-state index in [1.807, 2.05) is 11.6 Å². The third-order valence-electron chi connectivity index (χ3n) is 4.49. The van der Waals surface area contributed by atoms with Gasteiger partial charge in [-0.15, -0.1) is 0 Å². The van der Waals surface area contributed by atoms with Crippen LogP contribution in [0, 0.1) is 0 Å². The van der Waals surface area contributed by atoms with Crippen molar-refractivity contribution in [2.75, 3.05) is 6.61 Å². The van der Waals surface area contributed by atoms with E-state index < -0.39 is 8.07 Å². The third kappa shape index (κ3) is 4.38. The Bertz CT molecular complexity index is 747. The van der Waals surface area contributed by atoms with Crippen LogP contribution in [0.15, 0.2) is 18.6 Å². The van der Waals surface area contributed by atoms with Gasteiger partial charge in [-0.3, -0.25) is 4.79 Å². The molecule has 0 aromatic carbocycles. The molecule has 0 aliphatic heterocycles. The molecule has 0 spiro atoms. The number of hydrogen-bond donors (Lipinski definition) is 1. The van der Waals surface area contributed by atoms with Crippen molar-refractivity contribution in [1.82, 2.24) is 24.6 Å². The summed E-state index contributed by atoms with van der Waals surface area (Å²) in [4.78, 5) is 16.8. The van der Waals surface area contributed by atoms with Gasteiger partial charge in [0.2, 0.25) is 0 Å². The molecule has 1 aliphatic rings. The fourth-order valence-corrected chi connectivity index (χ4v) is 3.71. The molecule has 1 aliphatic carbocycles. The van der Waals surface area contributed by atoms with Crippen LogP contribution in [0.25, 0.3) is 0 Å². The molecule has 3 rings (SSSR count). The van der Waals surface area contributed by atoms with Crippen LogP contribution in [0.5, 0.6) is 0 Å². The van der Waals surface area contributed by atoms with E-state index in [-0.39, 0.29) is 11.9 Å². The molecule has 7 nitrogen and oxygen atoms in total. The van der Waals surface area contributed by atoms with Gasteiger partial charge >= 0.3 is 0 Å². The van der Waals surface area contributed by atoms with E-state index in [0.29, 0.717) is 12.4 Å². The first kappa shape index (κ1) is 17.9. The van der Waals surface area contributed by atoms with Gasteiger partial charge in [-0.1, -0.05) is 19.6 Å². The van der Waals surface area contributed by atoms with Crippen LogP contribution < -0.4 is 5.32 Å². The lowest BCUT2D eigenvalue weighted by Crippen LogP contribution is -2.28. The Morgan fingerprint density at radius 1 is 1.44 bits per heavy atom. The van der Waals surface area contributed by atoms with Crippen molar-refractivity contribution in [2.45, 2.75) is 51.3 Å². The van der Waals surface area contributed by atoms with Gasteiger partial charge in [0.15, 0.2) is 0 Å². The molecule has 0 bridgehead atoms. The Balaban J connectivity index is 1.51. The van der Waals surface area contributed by atoms with Gasteiger partial charge in [-0.2, -0.15) is 5.10 Å². The standard InChI is InChI=1S/C17H27N5O2Si/c1-21-11-18-16-13(5-6-15(16)21)19-17(23)14-7-8-22(20-14)12-24-9-10-25(2,3)4/h7-8,11,13H,5-6,9-10,12H2,1-4H3,(H,19,23)/t13-/m1/s1. The average Bonchev–Trinajstić information content (AvgIpc) is 3.23. The highest BCUT2D eigenvalue weighted by Crippen LogP contribution is 2.29. The minimum Gasteiger partial charge on any atom is -0.360 e. The third-order valence-corrected chi connectivity index (χ3v) is 6.19. The molecule has 8 heteroatoms. The largest absolute Gasteiger partial charge is 0.360 e. The van der Waals surface area contributed by atoms with E-state index in [1.54, 1.807) is 23.3 Å². The first-order valence-electron chi connectivity index (χ1n) is 8.76. The van der Waals surface area contributed by atoms with Crippen molar-refractivity contribution in [3.05, 3.63) is 35.7 Å². The van der Waals surface area contributed by atoms with E-state index in [1.165, 1.54) is 5.69 Å². The Morgan fingerprint density at radius 3 is 3.00 bits per heavy atom. The van der Waals surface area contributed by atoms with Crippen LogP contribution in [0.4, 0.5) is 0 Å². The molecule has 25 heavy (non-hydrogen) atoms. The van der Waals surface area contributed by atoms with Crippen molar-refractivity contribution >= 4 is 14.0 Å². The molecule has 1 amide bonds. The zero-order valence-corrected chi connectivity index (χ0v) is 16.5. The predicted molar refractivity (Wildman–Crippen MR) is 98.1 cm³/mol. The van der Waals surface area contributed by atoms with Crippen LogP contribution in [0.3, 0.4) is 0 Å². The second-order valence-electron chi connectivity index (χ2n) is 7.84. The number of nitrogens with zero attached hydrogens (tertiary/aromatic N) is 4. The summed E-state index contributed by atoms with van der Waals surface area (Å²) in [7, 11) is 0.903. The molecule has 2 heterocycles. The summed E-state index contributed by atoms with van der Waals surface area (Å²) in [6.07, 6.45) is 5.41. The summed E-state index contributed by atoms with van der Waals surface area (Å²) in [5.41, 5.74) is 2.59. The van der Waals surface area contributed by atoms with Gasteiger partial charge in [0.25, 0.3) is 5.91 Å². The number of hydrogen-bond acceptors (Lipinski definition) is 4. The number of imidazole rings is 1. The molecule has 0 saturated heterocycles. The number of ether oxygens (including phenoxy) is 1. The summed E-state index contributed by atoms with van der Waals surface area (Å²) in [6, 6.07) is 2.82. The molecule has 1 atom stereocenters. The summed E-state index contributed by atoms with van der Waals surface area (Å²) < 4.78 is 9.35. The molecule has 0 unspecified atom stereocenters. The van der Waals surface area contributed by atoms with Crippen molar-refractivity contribution in [3.63, 3.8) is 0 Å². The van der Waals surface area contributed by atoms with Crippen molar-refractivity contribution in [1.29, 1.82) is 0 Å². The van der Waals surface area contributed by atoms with Crippen molar-refractivity contribution in [2.24, 2.45) is 7.05 Å². The Hall–Kier alpha value is -1.93. The Labute approximate surface area is 149 Å². The van der Waals surface area contributed by atoms with Crippen molar-refractivity contribution in [3.8, 4) is 0 Å². The maximum atomic E-state index is 12.4. The molecular formula is C17H27N5O2Si. The molecular weight excluding hydrogens is 334 g/mol. The van der Waals surface area contributed by atoms with Crippen molar-refractivity contribution < 1.29 is 9.53 Å². The molecule has 136 valence electrons. The first-order valence-corrected chi connectivity index (χ1v) is 12.5. The van der Waals surface area contributed by atoms with Crippen LogP contribution in [-0.4, -0.2) is 39.9 Å². The monoisotopic (exact) mass is 361 g/mol. The summed E-state index contributed by atoms with van der Waals surface area (Å²) in [5, 5.41) is 7.35. The maximum Gasteiger partial charge on any atom is 0.272 e. The van der Waals surface area contributed by atoms with Gasteiger partial charge in [-0.25, -0.2) is 9.67 Å². The summed E-state index contributed by atoms with van der Waals surface area (Å²) >= 11 is 0. The number of rotatable bonds is 7. The number of carbonyl (C=O) groups is 1. The molecule has 0 radical (unpaired) electrons. The molecule has 2 aromatic heterocycles. The number of nitrogens with one attached hydrogen (secondary N) is 1. The lowest BCUT2D eigenvalue weighted by atomic mass is 10.2. The highest BCUT2D eigenvalue weighted by Gasteiger charge is 2.28. The van der Waals surface area contributed by atoms with Gasteiger partial charge < -0.3 is 14.6 Å². The van der Waals surface area contributed by atoms with E-state index >= 15 is 0 Å². The number of carbonyl (C=O) groups excluding carboxylic acids is 1. The maximum absolute atomic E-state index is 12.4. The van der Waals surface area contributed by atoms with Crippen LogP contribution in [0.1, 0.15) is 34.3 Å². The van der Waals surface area contributed by atoms with E-state index in [2.05, 4.69) is 35.0 Å². The van der Waals surface area contributed by atoms with Crippen LogP contribution in [-0.2, 0) is 24.9 Å². The minimum absolute atomic E-state index is 0.0261. The quantitative estimate of drug-likeness (QED) is 0.607. The zero-order valence-electron chi connectivity index (χ0n) is 15.5. The topological polar surface area (TPSA) is 74.0 Å². The number of fused-ring (bicyclic) bond motifs is 1.